The lowest BCUT2D eigenvalue weighted by atomic mass is 10.1. The molecule has 1 aromatic heterocycles. The van der Waals surface area contributed by atoms with Gasteiger partial charge < -0.3 is 14.6 Å². The number of hydrogen-bond donors (Lipinski definition) is 1. The highest BCUT2D eigenvalue weighted by Gasteiger charge is 2.13. The largest absolute Gasteiger partial charge is 0.467 e. The van der Waals surface area contributed by atoms with Crippen LogP contribution in [0.3, 0.4) is 0 Å². The zero-order valence-corrected chi connectivity index (χ0v) is 12.6. The quantitative estimate of drug-likeness (QED) is 0.802. The zero-order chi connectivity index (χ0) is 13.5. The topological polar surface area (TPSA) is 28.4 Å². The lowest BCUT2D eigenvalue weighted by Gasteiger charge is -2.29. The first-order chi connectivity index (χ1) is 8.49. The molecule has 0 spiro atoms. The molecule has 1 N–H and O–H groups in total. The molecule has 0 saturated carbocycles. The van der Waals surface area contributed by atoms with E-state index in [9.17, 15) is 0 Å². The Hall–Kier alpha value is -1.03. The maximum Gasteiger partial charge on any atom is 0.169 e. The highest BCUT2D eigenvalue weighted by Crippen LogP contribution is 2.05. The predicted molar refractivity (Wildman–Crippen MR) is 79.4 cm³/mol. The number of nitrogens with one attached hydrogen (secondary N) is 1. The maximum absolute atomic E-state index is 5.46. The number of nitrogens with zero attached hydrogens (tertiary/aromatic N) is 1. The van der Waals surface area contributed by atoms with Crippen LogP contribution < -0.4 is 5.32 Å². The minimum absolute atomic E-state index is 0.604. The minimum atomic E-state index is 0.604. The van der Waals surface area contributed by atoms with Gasteiger partial charge in [-0.1, -0.05) is 27.7 Å². The molecule has 102 valence electrons. The maximum atomic E-state index is 5.46. The minimum Gasteiger partial charge on any atom is -0.467 e. The van der Waals surface area contributed by atoms with E-state index in [1.807, 2.05) is 12.1 Å². The molecule has 3 nitrogen and oxygen atoms in total. The monoisotopic (exact) mass is 268 g/mol. The van der Waals surface area contributed by atoms with E-state index in [4.69, 9.17) is 16.6 Å². The van der Waals surface area contributed by atoms with Gasteiger partial charge in [0, 0.05) is 13.1 Å². The van der Waals surface area contributed by atoms with Crippen molar-refractivity contribution in [2.75, 3.05) is 13.1 Å². The van der Waals surface area contributed by atoms with Gasteiger partial charge in [0.05, 0.1) is 12.8 Å². The summed E-state index contributed by atoms with van der Waals surface area (Å²) in [7, 11) is 0. The van der Waals surface area contributed by atoms with Gasteiger partial charge in [0.15, 0.2) is 5.11 Å². The van der Waals surface area contributed by atoms with E-state index >= 15 is 0 Å². The van der Waals surface area contributed by atoms with Crippen molar-refractivity contribution in [2.24, 2.45) is 11.8 Å². The Morgan fingerprint density at radius 3 is 2.33 bits per heavy atom. The van der Waals surface area contributed by atoms with Gasteiger partial charge in [-0.15, -0.1) is 0 Å². The van der Waals surface area contributed by atoms with Crippen LogP contribution in [0.25, 0.3) is 0 Å². The molecule has 1 rings (SSSR count). The van der Waals surface area contributed by atoms with Crippen molar-refractivity contribution in [3.05, 3.63) is 24.2 Å². The third-order valence-corrected chi connectivity index (χ3v) is 2.85. The fourth-order valence-corrected chi connectivity index (χ4v) is 2.03. The van der Waals surface area contributed by atoms with Crippen molar-refractivity contribution in [1.29, 1.82) is 0 Å². The first-order valence-corrected chi connectivity index (χ1v) is 6.95. The Bertz CT molecular complexity index is 337. The third kappa shape index (κ3) is 5.54. The summed E-state index contributed by atoms with van der Waals surface area (Å²) < 4.78 is 5.29. The van der Waals surface area contributed by atoms with Gasteiger partial charge in [-0.25, -0.2) is 0 Å². The molecule has 0 aliphatic carbocycles. The molecule has 0 aliphatic rings. The van der Waals surface area contributed by atoms with Crippen LogP contribution in [0.15, 0.2) is 22.8 Å². The summed E-state index contributed by atoms with van der Waals surface area (Å²) in [6.07, 6.45) is 1.68. The van der Waals surface area contributed by atoms with Crippen LogP contribution in [-0.4, -0.2) is 23.1 Å². The van der Waals surface area contributed by atoms with E-state index in [0.29, 0.717) is 18.4 Å². The Morgan fingerprint density at radius 1 is 1.28 bits per heavy atom. The molecule has 4 heteroatoms. The Morgan fingerprint density at radius 2 is 1.89 bits per heavy atom. The first kappa shape index (κ1) is 15.0. The number of hydrogen-bond acceptors (Lipinski definition) is 2. The van der Waals surface area contributed by atoms with Crippen molar-refractivity contribution in [2.45, 2.75) is 34.2 Å². The first-order valence-electron chi connectivity index (χ1n) is 6.54. The normalized spacial score (nSPS) is 11.0. The second kappa shape index (κ2) is 7.41. The molecule has 0 bridgehead atoms. The fourth-order valence-electron chi connectivity index (χ4n) is 1.81. The SMILES string of the molecule is CC(C)CN(CC(C)C)C(=S)NCc1ccco1. The molecular weight excluding hydrogens is 244 g/mol. The number of thiocarbonyl (C=S) groups is 1. The predicted octanol–water partition coefficient (Wildman–Crippen LogP) is 3.27. The van der Waals surface area contributed by atoms with Gasteiger partial charge in [0.2, 0.25) is 0 Å². The van der Waals surface area contributed by atoms with E-state index in [1.165, 1.54) is 0 Å². The van der Waals surface area contributed by atoms with Gasteiger partial charge >= 0.3 is 0 Å². The van der Waals surface area contributed by atoms with Gasteiger partial charge in [-0.05, 0) is 36.2 Å². The molecule has 0 aliphatic heterocycles. The Balaban J connectivity index is 2.47. The molecule has 1 aromatic rings. The van der Waals surface area contributed by atoms with Gasteiger partial charge in [-0.2, -0.15) is 0 Å². The van der Waals surface area contributed by atoms with Crippen LogP contribution in [0, 0.1) is 11.8 Å². The van der Waals surface area contributed by atoms with E-state index in [0.717, 1.165) is 24.0 Å². The number of rotatable bonds is 6. The van der Waals surface area contributed by atoms with Crippen LogP contribution in [0.5, 0.6) is 0 Å². The summed E-state index contributed by atoms with van der Waals surface area (Å²) >= 11 is 5.46. The van der Waals surface area contributed by atoms with E-state index in [-0.39, 0.29) is 0 Å². The zero-order valence-electron chi connectivity index (χ0n) is 11.8. The van der Waals surface area contributed by atoms with Crippen molar-refractivity contribution in [3.8, 4) is 0 Å². The molecule has 1 heterocycles. The Labute approximate surface area is 116 Å². The lowest BCUT2D eigenvalue weighted by molar-refractivity contribution is 0.323. The molecular formula is C14H24N2OS. The van der Waals surface area contributed by atoms with Crippen LogP contribution in [0.4, 0.5) is 0 Å². The summed E-state index contributed by atoms with van der Waals surface area (Å²) in [4.78, 5) is 2.24. The smallest absolute Gasteiger partial charge is 0.169 e. The van der Waals surface area contributed by atoms with E-state index in [1.54, 1.807) is 6.26 Å². The third-order valence-electron chi connectivity index (χ3n) is 2.45. The highest BCUT2D eigenvalue weighted by molar-refractivity contribution is 7.80. The van der Waals surface area contributed by atoms with E-state index < -0.39 is 0 Å². The lowest BCUT2D eigenvalue weighted by Crippen LogP contribution is -2.43. The average molecular weight is 268 g/mol. The average Bonchev–Trinajstić information content (AvgIpc) is 2.76. The van der Waals surface area contributed by atoms with Crippen molar-refractivity contribution in [3.63, 3.8) is 0 Å². The summed E-state index contributed by atoms with van der Waals surface area (Å²) in [5, 5.41) is 4.07. The van der Waals surface area contributed by atoms with Gasteiger partial charge in [0.1, 0.15) is 5.76 Å². The Kier molecular flexibility index (Phi) is 6.19. The standard InChI is InChI=1S/C14H24N2OS/c1-11(2)9-16(10-12(3)4)14(18)15-8-13-6-5-7-17-13/h5-7,11-12H,8-10H2,1-4H3,(H,15,18). The highest BCUT2D eigenvalue weighted by atomic mass is 32.1. The second-order valence-corrected chi connectivity index (χ2v) is 5.82. The summed E-state index contributed by atoms with van der Waals surface area (Å²) in [6, 6.07) is 3.84. The summed E-state index contributed by atoms with van der Waals surface area (Å²) in [5.41, 5.74) is 0. The van der Waals surface area contributed by atoms with Crippen LogP contribution in [0.1, 0.15) is 33.5 Å². The molecule has 0 aromatic carbocycles. The second-order valence-electron chi connectivity index (χ2n) is 5.43. The summed E-state index contributed by atoms with van der Waals surface area (Å²) in [5.74, 6) is 2.12. The van der Waals surface area contributed by atoms with Crippen molar-refractivity contribution in [1.82, 2.24) is 10.2 Å². The van der Waals surface area contributed by atoms with Crippen molar-refractivity contribution >= 4 is 17.3 Å². The van der Waals surface area contributed by atoms with Crippen molar-refractivity contribution < 1.29 is 4.42 Å². The molecule has 0 fully saturated rings. The molecule has 0 saturated heterocycles. The van der Waals surface area contributed by atoms with Crippen LogP contribution in [-0.2, 0) is 6.54 Å². The number of furan rings is 1. The fraction of sp³-hybridized carbons (Fsp3) is 0.643. The molecule has 0 radical (unpaired) electrons. The van der Waals surface area contributed by atoms with Gasteiger partial charge in [0.25, 0.3) is 0 Å². The molecule has 0 amide bonds. The molecule has 0 unspecified atom stereocenters. The molecule has 0 atom stereocenters. The molecule has 18 heavy (non-hydrogen) atoms. The van der Waals surface area contributed by atoms with E-state index in [2.05, 4.69) is 37.9 Å². The van der Waals surface area contributed by atoms with Gasteiger partial charge in [-0.3, -0.25) is 0 Å². The van der Waals surface area contributed by atoms with Crippen LogP contribution in [0.2, 0.25) is 0 Å². The summed E-state index contributed by atoms with van der Waals surface area (Å²) in [6.45, 7) is 11.5. The van der Waals surface area contributed by atoms with Crippen LogP contribution >= 0.6 is 12.2 Å².